The maximum Gasteiger partial charge on any atom is 0.156 e. The van der Waals surface area contributed by atoms with Crippen LogP contribution in [0.3, 0.4) is 0 Å². The molecule has 2 unspecified atom stereocenters. The van der Waals surface area contributed by atoms with Crippen LogP contribution >= 0.6 is 0 Å². The molecule has 2 nitrogen and oxygen atoms in total. The fourth-order valence-electron chi connectivity index (χ4n) is 3.10. The molecule has 0 aromatic heterocycles. The van der Waals surface area contributed by atoms with Crippen LogP contribution in [0, 0.1) is 11.8 Å². The van der Waals surface area contributed by atoms with Crippen molar-refractivity contribution in [2.45, 2.75) is 51.0 Å². The Bertz CT molecular complexity index is 257. The minimum atomic E-state index is -0.112. The molecule has 15 heavy (non-hydrogen) atoms. The van der Waals surface area contributed by atoms with Crippen molar-refractivity contribution in [1.29, 1.82) is 0 Å². The molecule has 0 N–H and O–H groups in total. The third kappa shape index (κ3) is 1.96. The lowest BCUT2D eigenvalue weighted by molar-refractivity contribution is -0.134. The number of nitrogens with zero attached hydrogens (tertiary/aromatic N) is 1. The van der Waals surface area contributed by atoms with Gasteiger partial charge in [0.1, 0.15) is 0 Å². The number of carbonyl (C=O) groups excluding carboxylic acids is 1. The van der Waals surface area contributed by atoms with E-state index in [2.05, 4.69) is 25.9 Å². The Labute approximate surface area is 93.0 Å². The van der Waals surface area contributed by atoms with Crippen molar-refractivity contribution >= 4 is 5.78 Å². The second-order valence-electron chi connectivity index (χ2n) is 5.77. The summed E-state index contributed by atoms with van der Waals surface area (Å²) in [6, 6.07) is 0. The van der Waals surface area contributed by atoms with Crippen molar-refractivity contribution in [3.05, 3.63) is 0 Å². The van der Waals surface area contributed by atoms with Gasteiger partial charge in [0.15, 0.2) is 5.78 Å². The summed E-state index contributed by atoms with van der Waals surface area (Å²) < 4.78 is 0. The topological polar surface area (TPSA) is 20.3 Å². The summed E-state index contributed by atoms with van der Waals surface area (Å²) in [5.74, 6) is 1.65. The Morgan fingerprint density at radius 3 is 2.40 bits per heavy atom. The summed E-state index contributed by atoms with van der Waals surface area (Å²) in [6.45, 7) is 2.29. The van der Waals surface area contributed by atoms with Crippen LogP contribution < -0.4 is 0 Å². The van der Waals surface area contributed by atoms with Gasteiger partial charge in [-0.25, -0.2) is 0 Å². The predicted octanol–water partition coefficient (Wildman–Crippen LogP) is 2.48. The maximum atomic E-state index is 12.4. The van der Waals surface area contributed by atoms with Crippen LogP contribution in [0.1, 0.15) is 45.4 Å². The number of likely N-dealkylation sites (N-methyl/N-ethyl adjacent to an activating group) is 1. The molecule has 0 radical (unpaired) electrons. The number of hydrogen-bond donors (Lipinski definition) is 0. The quantitative estimate of drug-likeness (QED) is 0.711. The van der Waals surface area contributed by atoms with E-state index in [0.717, 1.165) is 25.7 Å². The number of Topliss-reactive ketones (excluding diaryl/α,β-unsaturated/α-hetero) is 1. The molecule has 2 aliphatic rings. The number of rotatable bonds is 3. The molecule has 0 bridgehead atoms. The molecule has 0 aromatic rings. The van der Waals surface area contributed by atoms with E-state index in [1.54, 1.807) is 0 Å². The first-order valence-electron chi connectivity index (χ1n) is 6.28. The molecule has 86 valence electrons. The monoisotopic (exact) mass is 209 g/mol. The van der Waals surface area contributed by atoms with Gasteiger partial charge < -0.3 is 0 Å². The van der Waals surface area contributed by atoms with Crippen molar-refractivity contribution in [3.63, 3.8) is 0 Å². The molecular formula is C13H23NO. The second kappa shape index (κ2) is 3.89. The lowest BCUT2D eigenvalue weighted by Gasteiger charge is -2.44. The van der Waals surface area contributed by atoms with Gasteiger partial charge in [-0.1, -0.05) is 19.8 Å². The lowest BCUT2D eigenvalue weighted by Crippen LogP contribution is -2.54. The summed E-state index contributed by atoms with van der Waals surface area (Å²) in [5, 5.41) is 0. The van der Waals surface area contributed by atoms with Crippen molar-refractivity contribution in [3.8, 4) is 0 Å². The first-order valence-corrected chi connectivity index (χ1v) is 6.28. The van der Waals surface area contributed by atoms with Crippen LogP contribution in [0.5, 0.6) is 0 Å². The standard InChI is InChI=1S/C13H23NO/c1-10-5-4-8-13(9-10,14(2)3)12(15)11-6-7-11/h10-11H,4-9H2,1-3H3. The summed E-state index contributed by atoms with van der Waals surface area (Å²) in [5.41, 5.74) is -0.112. The molecule has 0 heterocycles. The van der Waals surface area contributed by atoms with Crippen LogP contribution in [0.15, 0.2) is 0 Å². The van der Waals surface area contributed by atoms with Crippen LogP contribution in [0.4, 0.5) is 0 Å². The molecule has 2 heteroatoms. The third-order valence-corrected chi connectivity index (χ3v) is 4.24. The van der Waals surface area contributed by atoms with Crippen molar-refractivity contribution < 1.29 is 4.79 Å². The van der Waals surface area contributed by atoms with Crippen molar-refractivity contribution in [2.75, 3.05) is 14.1 Å². The fraction of sp³-hybridized carbons (Fsp3) is 0.923. The maximum absolute atomic E-state index is 12.4. The Kier molecular flexibility index (Phi) is 2.89. The number of hydrogen-bond acceptors (Lipinski definition) is 2. The predicted molar refractivity (Wildman–Crippen MR) is 61.8 cm³/mol. The van der Waals surface area contributed by atoms with Gasteiger partial charge in [-0.05, 0) is 45.7 Å². The van der Waals surface area contributed by atoms with E-state index >= 15 is 0 Å². The highest BCUT2D eigenvalue weighted by molar-refractivity contribution is 5.92. The highest BCUT2D eigenvalue weighted by atomic mass is 16.1. The highest BCUT2D eigenvalue weighted by Crippen LogP contribution is 2.43. The molecule has 0 aromatic carbocycles. The molecular weight excluding hydrogens is 186 g/mol. The average Bonchev–Trinajstić information content (AvgIpc) is 2.99. The molecule has 0 saturated heterocycles. The summed E-state index contributed by atoms with van der Waals surface area (Å²) >= 11 is 0. The second-order valence-corrected chi connectivity index (χ2v) is 5.77. The Morgan fingerprint density at radius 2 is 1.93 bits per heavy atom. The van der Waals surface area contributed by atoms with Gasteiger partial charge >= 0.3 is 0 Å². The number of ketones is 1. The average molecular weight is 209 g/mol. The van der Waals surface area contributed by atoms with Gasteiger partial charge in [0.25, 0.3) is 0 Å². The summed E-state index contributed by atoms with van der Waals surface area (Å²) in [7, 11) is 4.16. The Morgan fingerprint density at radius 1 is 1.27 bits per heavy atom. The zero-order valence-electron chi connectivity index (χ0n) is 10.3. The largest absolute Gasteiger partial charge is 0.297 e. The van der Waals surface area contributed by atoms with Gasteiger partial charge in [0, 0.05) is 5.92 Å². The minimum absolute atomic E-state index is 0.112. The van der Waals surface area contributed by atoms with Crippen LogP contribution in [-0.4, -0.2) is 30.3 Å². The van der Waals surface area contributed by atoms with Crippen LogP contribution in [0.25, 0.3) is 0 Å². The zero-order valence-corrected chi connectivity index (χ0v) is 10.3. The highest BCUT2D eigenvalue weighted by Gasteiger charge is 2.48. The molecule has 2 atom stereocenters. The molecule has 0 amide bonds. The first kappa shape index (κ1) is 11.1. The van der Waals surface area contributed by atoms with E-state index in [1.165, 1.54) is 12.8 Å². The van der Waals surface area contributed by atoms with Gasteiger partial charge in [-0.3, -0.25) is 9.69 Å². The van der Waals surface area contributed by atoms with Gasteiger partial charge in [0.2, 0.25) is 0 Å². The summed E-state index contributed by atoms with van der Waals surface area (Å²) in [6.07, 6.45) is 6.96. The van der Waals surface area contributed by atoms with Crippen molar-refractivity contribution in [1.82, 2.24) is 4.90 Å². The van der Waals surface area contributed by atoms with E-state index < -0.39 is 0 Å². The molecule has 2 fully saturated rings. The number of carbonyl (C=O) groups is 1. The van der Waals surface area contributed by atoms with E-state index in [9.17, 15) is 4.79 Å². The molecule has 0 spiro atoms. The Hall–Kier alpha value is -0.370. The lowest BCUT2D eigenvalue weighted by atomic mass is 9.72. The van der Waals surface area contributed by atoms with Crippen LogP contribution in [-0.2, 0) is 4.79 Å². The minimum Gasteiger partial charge on any atom is -0.297 e. The van der Waals surface area contributed by atoms with E-state index in [4.69, 9.17) is 0 Å². The molecule has 2 saturated carbocycles. The Balaban J connectivity index is 2.18. The van der Waals surface area contributed by atoms with E-state index in [-0.39, 0.29) is 5.54 Å². The van der Waals surface area contributed by atoms with Gasteiger partial charge in [-0.2, -0.15) is 0 Å². The molecule has 0 aliphatic heterocycles. The molecule has 2 aliphatic carbocycles. The van der Waals surface area contributed by atoms with Crippen molar-refractivity contribution in [2.24, 2.45) is 11.8 Å². The fourth-order valence-corrected chi connectivity index (χ4v) is 3.10. The van der Waals surface area contributed by atoms with Crippen LogP contribution in [0.2, 0.25) is 0 Å². The smallest absolute Gasteiger partial charge is 0.156 e. The van der Waals surface area contributed by atoms with E-state index in [1.807, 2.05) is 0 Å². The SMILES string of the molecule is CC1CCCC(C(=O)C2CC2)(N(C)C)C1. The zero-order chi connectivity index (χ0) is 11.1. The van der Waals surface area contributed by atoms with Gasteiger partial charge in [-0.15, -0.1) is 0 Å². The van der Waals surface area contributed by atoms with E-state index in [0.29, 0.717) is 17.6 Å². The molecule has 2 rings (SSSR count). The third-order valence-electron chi connectivity index (χ3n) is 4.24. The van der Waals surface area contributed by atoms with Gasteiger partial charge in [0.05, 0.1) is 5.54 Å². The summed E-state index contributed by atoms with van der Waals surface area (Å²) in [4.78, 5) is 14.6. The normalized spacial score (nSPS) is 36.9. The first-order chi connectivity index (χ1) is 7.06.